The minimum Gasteiger partial charge on any atom is -0.333 e. The van der Waals surface area contributed by atoms with Gasteiger partial charge in [-0.2, -0.15) is 0 Å². The van der Waals surface area contributed by atoms with E-state index >= 15 is 0 Å². The Morgan fingerprint density at radius 3 is 2.29 bits per heavy atom. The minimum atomic E-state index is -0.0788. The average molecular weight is 233 g/mol. The van der Waals surface area contributed by atoms with E-state index in [1.165, 1.54) is 5.56 Å². The predicted molar refractivity (Wildman–Crippen MR) is 72.3 cm³/mol. The molecule has 2 nitrogen and oxygen atoms in total. The molecule has 0 radical (unpaired) electrons. The fraction of sp³-hybridized carbons (Fsp3) is 0.533. The van der Waals surface area contributed by atoms with Crippen LogP contribution in [0, 0.1) is 0 Å². The zero-order valence-electron chi connectivity index (χ0n) is 11.6. The molecule has 0 atom stereocenters. The van der Waals surface area contributed by atoms with E-state index in [0.29, 0.717) is 0 Å². The van der Waals surface area contributed by atoms with Crippen LogP contribution in [0.2, 0.25) is 0 Å². The van der Waals surface area contributed by atoms with Crippen molar-refractivity contribution in [3.63, 3.8) is 0 Å². The van der Waals surface area contributed by atoms with E-state index in [4.69, 9.17) is 0 Å². The Morgan fingerprint density at radius 1 is 1.12 bits per heavy atom. The molecule has 1 amide bonds. The largest absolute Gasteiger partial charge is 0.333 e. The number of carbonyl (C=O) groups is 1. The highest BCUT2D eigenvalue weighted by atomic mass is 16.2. The van der Waals surface area contributed by atoms with E-state index in [0.717, 1.165) is 18.5 Å². The number of hydrogen-bond donors (Lipinski definition) is 0. The number of fused-ring (bicyclic) bond motifs is 1. The topological polar surface area (TPSA) is 20.3 Å². The Hall–Kier alpha value is -1.31. The molecule has 17 heavy (non-hydrogen) atoms. The molecule has 0 fully saturated rings. The molecule has 0 saturated heterocycles. The van der Waals surface area contributed by atoms with Gasteiger partial charge in [0.2, 0.25) is 0 Å². The lowest BCUT2D eigenvalue weighted by Crippen LogP contribution is -2.49. The second kappa shape index (κ2) is 5.35. The summed E-state index contributed by atoms with van der Waals surface area (Å²) in [5.74, 6) is 0.171. The Kier molecular flexibility index (Phi) is 4.33. The molecule has 0 unspecified atom stereocenters. The first-order chi connectivity index (χ1) is 8.00. The molecule has 1 aromatic carbocycles. The van der Waals surface area contributed by atoms with Crippen LogP contribution in [0.25, 0.3) is 0 Å². The van der Waals surface area contributed by atoms with Crippen LogP contribution < -0.4 is 0 Å². The summed E-state index contributed by atoms with van der Waals surface area (Å²) in [6.07, 6.45) is 0.971. The molecule has 0 N–H and O–H groups in total. The van der Waals surface area contributed by atoms with Gasteiger partial charge in [0.1, 0.15) is 0 Å². The van der Waals surface area contributed by atoms with Crippen LogP contribution in [-0.4, -0.2) is 22.9 Å². The van der Waals surface area contributed by atoms with Gasteiger partial charge < -0.3 is 4.90 Å². The number of benzene rings is 1. The average Bonchev–Trinajstić information content (AvgIpc) is 2.31. The van der Waals surface area contributed by atoms with Gasteiger partial charge in [-0.1, -0.05) is 32.0 Å². The van der Waals surface area contributed by atoms with Crippen LogP contribution in [0.1, 0.15) is 50.5 Å². The monoisotopic (exact) mass is 233 g/mol. The van der Waals surface area contributed by atoms with Gasteiger partial charge in [0.25, 0.3) is 5.91 Å². The van der Waals surface area contributed by atoms with E-state index in [1.807, 2.05) is 43.0 Å². The van der Waals surface area contributed by atoms with Crippen LogP contribution in [0.5, 0.6) is 0 Å². The Morgan fingerprint density at radius 2 is 1.71 bits per heavy atom. The first-order valence-corrected chi connectivity index (χ1v) is 6.40. The predicted octanol–water partition coefficient (Wildman–Crippen LogP) is 3.51. The third-order valence-corrected chi connectivity index (χ3v) is 2.91. The van der Waals surface area contributed by atoms with Crippen molar-refractivity contribution in [2.45, 2.75) is 46.6 Å². The van der Waals surface area contributed by atoms with Crippen LogP contribution in [0.15, 0.2) is 24.3 Å². The normalized spacial score (nSPS) is 14.9. The molecule has 2 rings (SSSR count). The molecule has 1 aliphatic rings. The number of carbonyl (C=O) groups excluding carboxylic acids is 1. The van der Waals surface area contributed by atoms with Gasteiger partial charge in [-0.15, -0.1) is 0 Å². The van der Waals surface area contributed by atoms with Gasteiger partial charge in [0, 0.05) is 17.6 Å². The zero-order valence-corrected chi connectivity index (χ0v) is 11.6. The first kappa shape index (κ1) is 13.8. The third kappa shape index (κ3) is 2.87. The van der Waals surface area contributed by atoms with Crippen molar-refractivity contribution in [2.24, 2.45) is 0 Å². The molecule has 94 valence electrons. The standard InChI is InChI=1S/C13H17NO.C2H6/c1-13(2,3)14-9-8-10-6-4-5-7-11(10)12(14)15;1-2/h4-7H,8-9H2,1-3H3;1-2H3. The smallest absolute Gasteiger partial charge is 0.254 e. The van der Waals surface area contributed by atoms with Gasteiger partial charge in [-0.05, 0) is 38.8 Å². The molecule has 0 aliphatic carbocycles. The molecule has 0 spiro atoms. The van der Waals surface area contributed by atoms with Crippen molar-refractivity contribution in [1.29, 1.82) is 0 Å². The quantitative estimate of drug-likeness (QED) is 0.671. The molecule has 1 heterocycles. The molecule has 0 saturated carbocycles. The maximum absolute atomic E-state index is 12.2. The summed E-state index contributed by atoms with van der Waals surface area (Å²) in [6.45, 7) is 11.1. The van der Waals surface area contributed by atoms with E-state index in [-0.39, 0.29) is 11.4 Å². The second-order valence-electron chi connectivity index (χ2n) is 5.03. The van der Waals surface area contributed by atoms with Crippen molar-refractivity contribution >= 4 is 5.91 Å². The maximum atomic E-state index is 12.2. The molecule has 0 bridgehead atoms. The molecule has 2 heteroatoms. The van der Waals surface area contributed by atoms with E-state index in [9.17, 15) is 4.79 Å². The lowest BCUT2D eigenvalue weighted by molar-refractivity contribution is 0.0562. The summed E-state index contributed by atoms with van der Waals surface area (Å²) in [5, 5.41) is 0. The van der Waals surface area contributed by atoms with Gasteiger partial charge in [-0.25, -0.2) is 0 Å². The van der Waals surface area contributed by atoms with E-state index < -0.39 is 0 Å². The number of hydrogen-bond acceptors (Lipinski definition) is 1. The number of rotatable bonds is 0. The molecule has 1 aliphatic heterocycles. The molecule has 0 aromatic heterocycles. The second-order valence-corrected chi connectivity index (χ2v) is 5.03. The van der Waals surface area contributed by atoms with E-state index in [2.05, 4.69) is 20.8 Å². The summed E-state index contributed by atoms with van der Waals surface area (Å²) in [7, 11) is 0. The van der Waals surface area contributed by atoms with Crippen LogP contribution >= 0.6 is 0 Å². The highest BCUT2D eigenvalue weighted by Gasteiger charge is 2.31. The van der Waals surface area contributed by atoms with Gasteiger partial charge in [-0.3, -0.25) is 4.79 Å². The van der Waals surface area contributed by atoms with Gasteiger partial charge >= 0.3 is 0 Å². The molecular weight excluding hydrogens is 210 g/mol. The maximum Gasteiger partial charge on any atom is 0.254 e. The SMILES string of the molecule is CC.CC(C)(C)N1CCc2ccccc2C1=O. The molecular formula is C15H23NO. The third-order valence-electron chi connectivity index (χ3n) is 2.91. The summed E-state index contributed by atoms with van der Waals surface area (Å²) in [5.41, 5.74) is 1.98. The summed E-state index contributed by atoms with van der Waals surface area (Å²) in [4.78, 5) is 14.1. The van der Waals surface area contributed by atoms with Crippen molar-refractivity contribution in [2.75, 3.05) is 6.54 Å². The fourth-order valence-corrected chi connectivity index (χ4v) is 2.07. The van der Waals surface area contributed by atoms with E-state index in [1.54, 1.807) is 0 Å². The highest BCUT2D eigenvalue weighted by molar-refractivity contribution is 5.97. The highest BCUT2D eigenvalue weighted by Crippen LogP contribution is 2.24. The Labute approximate surface area is 105 Å². The minimum absolute atomic E-state index is 0.0788. The van der Waals surface area contributed by atoms with Crippen molar-refractivity contribution in [1.82, 2.24) is 4.90 Å². The van der Waals surface area contributed by atoms with Crippen LogP contribution in [0.3, 0.4) is 0 Å². The summed E-state index contributed by atoms with van der Waals surface area (Å²) >= 11 is 0. The summed E-state index contributed by atoms with van der Waals surface area (Å²) < 4.78 is 0. The van der Waals surface area contributed by atoms with Gasteiger partial charge in [0.15, 0.2) is 0 Å². The van der Waals surface area contributed by atoms with Gasteiger partial charge in [0.05, 0.1) is 0 Å². The van der Waals surface area contributed by atoms with Crippen LogP contribution in [-0.2, 0) is 6.42 Å². The lowest BCUT2D eigenvalue weighted by Gasteiger charge is -2.39. The van der Waals surface area contributed by atoms with Crippen molar-refractivity contribution in [3.05, 3.63) is 35.4 Å². The fourth-order valence-electron chi connectivity index (χ4n) is 2.07. The van der Waals surface area contributed by atoms with Crippen molar-refractivity contribution < 1.29 is 4.79 Å². The number of nitrogens with zero attached hydrogens (tertiary/aromatic N) is 1. The lowest BCUT2D eigenvalue weighted by atomic mass is 9.94. The Balaban J connectivity index is 0.000000686. The number of amides is 1. The molecule has 1 aromatic rings. The Bertz CT molecular complexity index is 390. The zero-order chi connectivity index (χ0) is 13.1. The van der Waals surface area contributed by atoms with Crippen molar-refractivity contribution in [3.8, 4) is 0 Å². The summed E-state index contributed by atoms with van der Waals surface area (Å²) in [6, 6.07) is 7.91. The van der Waals surface area contributed by atoms with Crippen LogP contribution in [0.4, 0.5) is 0 Å². The first-order valence-electron chi connectivity index (χ1n) is 6.40.